The number of carbonyl (C=O) groups is 3. The fourth-order valence-corrected chi connectivity index (χ4v) is 4.33. The zero-order valence-corrected chi connectivity index (χ0v) is 20.1. The van der Waals surface area contributed by atoms with E-state index >= 15 is 0 Å². The number of halogens is 2. The van der Waals surface area contributed by atoms with E-state index in [0.717, 1.165) is 3.79 Å². The molecule has 1 aliphatic heterocycles. The number of hydrogen-bond donors (Lipinski definition) is 3. The summed E-state index contributed by atoms with van der Waals surface area (Å²) in [6, 6.07) is 8.08. The molecule has 166 valence electrons. The third-order valence-electron chi connectivity index (χ3n) is 4.53. The molecule has 3 amide bonds. The van der Waals surface area contributed by atoms with Crippen LogP contribution in [-0.4, -0.2) is 54.6 Å². The number of hydrogen-bond acceptors (Lipinski definition) is 6. The number of nitrogens with one attached hydrogen (secondary N) is 3. The van der Waals surface area contributed by atoms with Crippen LogP contribution in [0.3, 0.4) is 0 Å². The largest absolute Gasteiger partial charge is 0.379 e. The minimum absolute atomic E-state index is 0.203. The molecule has 0 spiro atoms. The van der Waals surface area contributed by atoms with E-state index in [4.69, 9.17) is 16.3 Å². The lowest BCUT2D eigenvalue weighted by molar-refractivity contribution is -0.120. The van der Waals surface area contributed by atoms with Crippen molar-refractivity contribution in [3.63, 3.8) is 0 Å². The second-order valence-corrected chi connectivity index (χ2v) is 10.2. The molecule has 0 atom stereocenters. The Morgan fingerprint density at radius 3 is 2.45 bits per heavy atom. The van der Waals surface area contributed by atoms with Crippen LogP contribution < -0.4 is 16.1 Å². The third-order valence-corrected chi connectivity index (χ3v) is 6.47. The number of anilines is 1. The quantitative estimate of drug-likeness (QED) is 0.533. The van der Waals surface area contributed by atoms with E-state index in [1.807, 2.05) is 0 Å². The highest BCUT2D eigenvalue weighted by atomic mass is 79.9. The van der Waals surface area contributed by atoms with Crippen LogP contribution in [-0.2, 0) is 9.53 Å². The summed E-state index contributed by atoms with van der Waals surface area (Å²) in [7, 11) is 0. The van der Waals surface area contributed by atoms with Crippen molar-refractivity contribution in [1.82, 2.24) is 15.8 Å². The Bertz CT molecular complexity index is 991. The Morgan fingerprint density at radius 1 is 1.13 bits per heavy atom. The van der Waals surface area contributed by atoms with Gasteiger partial charge in [-0.15, -0.1) is 11.3 Å². The fraction of sp³-hybridized carbons (Fsp3) is 0.350. The average Bonchev–Trinajstić information content (AvgIpc) is 3.15. The van der Waals surface area contributed by atoms with Crippen molar-refractivity contribution in [3.8, 4) is 0 Å². The minimum atomic E-state index is -1.17. The molecular weight excluding hydrogens is 508 g/mol. The molecule has 1 aromatic heterocycles. The summed E-state index contributed by atoms with van der Waals surface area (Å²) in [6.45, 7) is 5.51. The van der Waals surface area contributed by atoms with Crippen LogP contribution in [0.5, 0.6) is 0 Å². The van der Waals surface area contributed by atoms with Gasteiger partial charge in [-0.3, -0.25) is 19.8 Å². The molecule has 0 saturated carbocycles. The second kappa shape index (κ2) is 10.1. The number of nitrogens with zero attached hydrogens (tertiary/aromatic N) is 1. The molecule has 3 N–H and O–H groups in total. The highest BCUT2D eigenvalue weighted by Crippen LogP contribution is 2.24. The van der Waals surface area contributed by atoms with Crippen LogP contribution in [0.15, 0.2) is 34.1 Å². The van der Waals surface area contributed by atoms with Gasteiger partial charge in [0.05, 0.1) is 32.5 Å². The molecule has 1 aromatic carbocycles. The lowest BCUT2D eigenvalue weighted by Gasteiger charge is -2.27. The van der Waals surface area contributed by atoms with Crippen molar-refractivity contribution < 1.29 is 19.1 Å². The summed E-state index contributed by atoms with van der Waals surface area (Å²) in [5.74, 6) is -1.10. The van der Waals surface area contributed by atoms with Gasteiger partial charge in [-0.25, -0.2) is 5.01 Å². The van der Waals surface area contributed by atoms with Crippen LogP contribution in [0.4, 0.5) is 5.69 Å². The molecule has 2 heterocycles. The number of hydrazine groups is 1. The molecule has 2 aromatic rings. The van der Waals surface area contributed by atoms with Gasteiger partial charge in [0.1, 0.15) is 5.54 Å². The number of carbonyl (C=O) groups excluding carboxylic acids is 3. The van der Waals surface area contributed by atoms with Gasteiger partial charge >= 0.3 is 0 Å². The zero-order chi connectivity index (χ0) is 22.6. The summed E-state index contributed by atoms with van der Waals surface area (Å²) in [5.41, 5.74) is 2.33. The molecule has 3 rings (SSSR count). The molecule has 11 heteroatoms. The highest BCUT2D eigenvalue weighted by molar-refractivity contribution is 9.11. The van der Waals surface area contributed by atoms with Gasteiger partial charge in [-0.05, 0) is 60.1 Å². The first-order valence-electron chi connectivity index (χ1n) is 9.48. The van der Waals surface area contributed by atoms with Crippen LogP contribution in [0.1, 0.15) is 33.9 Å². The Labute approximate surface area is 197 Å². The van der Waals surface area contributed by atoms with E-state index < -0.39 is 11.4 Å². The zero-order valence-electron chi connectivity index (χ0n) is 17.0. The van der Waals surface area contributed by atoms with E-state index in [1.165, 1.54) is 17.4 Å². The summed E-state index contributed by atoms with van der Waals surface area (Å²) in [4.78, 5) is 38.1. The van der Waals surface area contributed by atoms with Gasteiger partial charge in [0, 0.05) is 18.8 Å². The van der Waals surface area contributed by atoms with Gasteiger partial charge < -0.3 is 15.4 Å². The Kier molecular flexibility index (Phi) is 7.71. The van der Waals surface area contributed by atoms with Crippen molar-refractivity contribution >= 4 is 62.3 Å². The smallest absolute Gasteiger partial charge is 0.267 e. The molecule has 0 aliphatic carbocycles. The van der Waals surface area contributed by atoms with Gasteiger partial charge in [0.25, 0.3) is 11.8 Å². The Balaban J connectivity index is 1.62. The third kappa shape index (κ3) is 6.27. The van der Waals surface area contributed by atoms with E-state index in [2.05, 4.69) is 32.0 Å². The average molecular weight is 530 g/mol. The van der Waals surface area contributed by atoms with Crippen molar-refractivity contribution in [2.45, 2.75) is 19.4 Å². The normalized spacial score (nSPS) is 14.7. The maximum Gasteiger partial charge on any atom is 0.267 e. The van der Waals surface area contributed by atoms with Crippen LogP contribution in [0.25, 0.3) is 0 Å². The number of rotatable bonds is 6. The van der Waals surface area contributed by atoms with Crippen molar-refractivity contribution in [3.05, 3.63) is 49.6 Å². The molecule has 0 radical (unpaired) electrons. The fourth-order valence-electron chi connectivity index (χ4n) is 2.78. The lowest BCUT2D eigenvalue weighted by Crippen LogP contribution is -2.52. The monoisotopic (exact) mass is 528 g/mol. The minimum Gasteiger partial charge on any atom is -0.379 e. The number of amides is 3. The first-order valence-corrected chi connectivity index (χ1v) is 11.5. The molecule has 31 heavy (non-hydrogen) atoms. The van der Waals surface area contributed by atoms with Crippen LogP contribution in [0, 0.1) is 0 Å². The van der Waals surface area contributed by atoms with Crippen molar-refractivity contribution in [1.29, 1.82) is 0 Å². The second-order valence-electron chi connectivity index (χ2n) is 7.37. The van der Waals surface area contributed by atoms with Crippen molar-refractivity contribution in [2.75, 3.05) is 31.6 Å². The van der Waals surface area contributed by atoms with E-state index in [0.29, 0.717) is 42.4 Å². The van der Waals surface area contributed by atoms with Crippen molar-refractivity contribution in [2.24, 2.45) is 0 Å². The molecule has 1 aliphatic rings. The van der Waals surface area contributed by atoms with Crippen LogP contribution >= 0.6 is 38.9 Å². The van der Waals surface area contributed by atoms with Crippen LogP contribution in [0.2, 0.25) is 5.02 Å². The Morgan fingerprint density at radius 2 is 1.84 bits per heavy atom. The topological polar surface area (TPSA) is 99.8 Å². The molecule has 8 nitrogen and oxygen atoms in total. The predicted octanol–water partition coefficient (Wildman–Crippen LogP) is 3.29. The highest BCUT2D eigenvalue weighted by Gasteiger charge is 2.30. The summed E-state index contributed by atoms with van der Waals surface area (Å²) in [5, 5.41) is 7.43. The number of benzene rings is 1. The maximum absolute atomic E-state index is 12.7. The number of ether oxygens (including phenoxy) is 1. The molecule has 0 bridgehead atoms. The first kappa shape index (κ1) is 23.7. The van der Waals surface area contributed by atoms with Gasteiger partial charge in [0.15, 0.2) is 0 Å². The van der Waals surface area contributed by atoms with E-state index in [1.54, 1.807) is 43.1 Å². The Hall–Kier alpha value is -1.98. The molecule has 1 saturated heterocycles. The van der Waals surface area contributed by atoms with E-state index in [9.17, 15) is 14.4 Å². The standard InChI is InChI=1S/C20H22BrClN4O4S/c1-20(2,24-18(28)15-5-6-16(21)31-15)19(29)23-12-3-4-13(14(22)11-12)17(27)25-26-7-9-30-10-8-26/h3-6,11H,7-10H2,1-2H3,(H,23,29)(H,24,28)(H,25,27). The summed E-state index contributed by atoms with van der Waals surface area (Å²) in [6.07, 6.45) is 0. The summed E-state index contributed by atoms with van der Waals surface area (Å²) < 4.78 is 6.08. The van der Waals surface area contributed by atoms with Gasteiger partial charge in [0.2, 0.25) is 5.91 Å². The SMILES string of the molecule is CC(C)(NC(=O)c1ccc(Br)s1)C(=O)Nc1ccc(C(=O)NN2CCOCC2)c(Cl)c1. The van der Waals surface area contributed by atoms with Gasteiger partial charge in [-0.2, -0.15) is 0 Å². The number of thiophene rings is 1. The predicted molar refractivity (Wildman–Crippen MR) is 124 cm³/mol. The first-order chi connectivity index (χ1) is 14.7. The lowest BCUT2D eigenvalue weighted by atomic mass is 10.0. The summed E-state index contributed by atoms with van der Waals surface area (Å²) >= 11 is 10.9. The van der Waals surface area contributed by atoms with Gasteiger partial charge in [-0.1, -0.05) is 11.6 Å². The number of morpholine rings is 1. The molecule has 0 unspecified atom stereocenters. The maximum atomic E-state index is 12.7. The molecule has 1 fully saturated rings. The van der Waals surface area contributed by atoms with E-state index in [-0.39, 0.29) is 16.8 Å². The molecular formula is C20H22BrClN4O4S.